The zero-order valence-corrected chi connectivity index (χ0v) is 8.86. The number of nitriles is 1. The Morgan fingerprint density at radius 3 is 2.93 bits per heavy atom. The van der Waals surface area contributed by atoms with Crippen LogP contribution in [0, 0.1) is 18.3 Å². The third-order valence-electron chi connectivity index (χ3n) is 2.31. The zero-order chi connectivity index (χ0) is 10.6. The van der Waals surface area contributed by atoms with Gasteiger partial charge < -0.3 is 4.90 Å². The molecular weight excluding hydrogens is 174 g/mol. The van der Waals surface area contributed by atoms with Gasteiger partial charge in [-0.15, -0.1) is 0 Å². The van der Waals surface area contributed by atoms with E-state index in [0.717, 1.165) is 5.82 Å². The maximum atomic E-state index is 8.59. The molecule has 0 aliphatic carbocycles. The summed E-state index contributed by atoms with van der Waals surface area (Å²) < 4.78 is 0. The molecule has 1 heterocycles. The SMILES string of the molecule is Cc1ccnc(N(C)C(C)CC#N)c1. The minimum Gasteiger partial charge on any atom is -0.356 e. The van der Waals surface area contributed by atoms with Crippen LogP contribution >= 0.6 is 0 Å². The van der Waals surface area contributed by atoms with Crippen LogP contribution in [0.1, 0.15) is 18.9 Å². The lowest BCUT2D eigenvalue weighted by Gasteiger charge is -2.24. The van der Waals surface area contributed by atoms with Gasteiger partial charge >= 0.3 is 0 Å². The molecule has 1 aromatic heterocycles. The summed E-state index contributed by atoms with van der Waals surface area (Å²) >= 11 is 0. The van der Waals surface area contributed by atoms with Crippen molar-refractivity contribution >= 4 is 5.82 Å². The third-order valence-corrected chi connectivity index (χ3v) is 2.31. The summed E-state index contributed by atoms with van der Waals surface area (Å²) in [5.74, 6) is 0.924. The molecule has 1 unspecified atom stereocenters. The molecule has 0 saturated heterocycles. The van der Waals surface area contributed by atoms with E-state index in [1.165, 1.54) is 5.56 Å². The minimum absolute atomic E-state index is 0.203. The molecular formula is C11H15N3. The molecule has 0 fully saturated rings. The Hall–Kier alpha value is -1.56. The van der Waals surface area contributed by atoms with Crippen LogP contribution in [0.4, 0.5) is 5.82 Å². The summed E-state index contributed by atoms with van der Waals surface area (Å²) in [6.07, 6.45) is 2.31. The van der Waals surface area contributed by atoms with Crippen LogP contribution in [-0.4, -0.2) is 18.1 Å². The molecule has 1 aromatic rings. The van der Waals surface area contributed by atoms with Crippen molar-refractivity contribution in [1.82, 2.24) is 4.98 Å². The van der Waals surface area contributed by atoms with Gasteiger partial charge in [-0.05, 0) is 31.5 Å². The Morgan fingerprint density at radius 1 is 1.64 bits per heavy atom. The smallest absolute Gasteiger partial charge is 0.128 e. The first kappa shape index (κ1) is 10.5. The van der Waals surface area contributed by atoms with E-state index < -0.39 is 0 Å². The van der Waals surface area contributed by atoms with E-state index in [4.69, 9.17) is 5.26 Å². The molecule has 0 radical (unpaired) electrons. The van der Waals surface area contributed by atoms with Gasteiger partial charge in [0.1, 0.15) is 5.82 Å². The molecule has 3 nitrogen and oxygen atoms in total. The van der Waals surface area contributed by atoms with E-state index in [-0.39, 0.29) is 6.04 Å². The maximum Gasteiger partial charge on any atom is 0.128 e. The average Bonchev–Trinajstić information content (AvgIpc) is 2.17. The van der Waals surface area contributed by atoms with Crippen molar-refractivity contribution in [3.8, 4) is 6.07 Å². The lowest BCUT2D eigenvalue weighted by Crippen LogP contribution is -2.29. The summed E-state index contributed by atoms with van der Waals surface area (Å²) in [5, 5.41) is 8.59. The van der Waals surface area contributed by atoms with Gasteiger partial charge in [-0.25, -0.2) is 4.98 Å². The third kappa shape index (κ3) is 2.46. The number of aromatic nitrogens is 1. The number of nitrogens with zero attached hydrogens (tertiary/aromatic N) is 3. The van der Waals surface area contributed by atoms with Crippen LogP contribution in [0.2, 0.25) is 0 Å². The average molecular weight is 189 g/mol. The number of hydrogen-bond donors (Lipinski definition) is 0. The van der Waals surface area contributed by atoms with Crippen molar-refractivity contribution in [2.24, 2.45) is 0 Å². The van der Waals surface area contributed by atoms with Crippen LogP contribution < -0.4 is 4.90 Å². The van der Waals surface area contributed by atoms with E-state index in [9.17, 15) is 0 Å². The van der Waals surface area contributed by atoms with Crippen molar-refractivity contribution in [2.75, 3.05) is 11.9 Å². The molecule has 0 amide bonds. The second-order valence-electron chi connectivity index (χ2n) is 3.51. The molecule has 0 spiro atoms. The first-order valence-electron chi connectivity index (χ1n) is 4.67. The molecule has 14 heavy (non-hydrogen) atoms. The van der Waals surface area contributed by atoms with E-state index >= 15 is 0 Å². The van der Waals surface area contributed by atoms with Gasteiger partial charge in [-0.3, -0.25) is 0 Å². The normalized spacial score (nSPS) is 11.9. The Balaban J connectivity index is 2.79. The van der Waals surface area contributed by atoms with Crippen LogP contribution in [-0.2, 0) is 0 Å². The summed E-state index contributed by atoms with van der Waals surface area (Å²) in [6.45, 7) is 4.06. The summed E-state index contributed by atoms with van der Waals surface area (Å²) in [5.41, 5.74) is 1.19. The molecule has 0 aliphatic heterocycles. The summed E-state index contributed by atoms with van der Waals surface area (Å²) in [6, 6.07) is 6.35. The Kier molecular flexibility index (Phi) is 3.47. The number of anilines is 1. The van der Waals surface area contributed by atoms with Gasteiger partial charge in [0.25, 0.3) is 0 Å². The molecule has 0 bridgehead atoms. The van der Waals surface area contributed by atoms with Crippen LogP contribution in [0.5, 0.6) is 0 Å². The van der Waals surface area contributed by atoms with E-state index in [1.54, 1.807) is 6.20 Å². The molecule has 0 aromatic carbocycles. The van der Waals surface area contributed by atoms with Crippen molar-refractivity contribution in [2.45, 2.75) is 26.3 Å². The van der Waals surface area contributed by atoms with Crippen molar-refractivity contribution < 1.29 is 0 Å². The predicted molar refractivity (Wildman–Crippen MR) is 57.1 cm³/mol. The number of rotatable bonds is 3. The minimum atomic E-state index is 0.203. The molecule has 1 rings (SSSR count). The predicted octanol–water partition coefficient (Wildman–Crippen LogP) is 2.13. The first-order chi connectivity index (χ1) is 6.65. The van der Waals surface area contributed by atoms with Crippen LogP contribution in [0.25, 0.3) is 0 Å². The molecule has 0 aliphatic rings. The Bertz CT molecular complexity index is 341. The number of pyridine rings is 1. The lowest BCUT2D eigenvalue weighted by molar-refractivity contribution is 0.693. The molecule has 3 heteroatoms. The number of aryl methyl sites for hydroxylation is 1. The molecule has 74 valence electrons. The topological polar surface area (TPSA) is 39.9 Å². The second-order valence-corrected chi connectivity index (χ2v) is 3.51. The van der Waals surface area contributed by atoms with Gasteiger partial charge in [-0.1, -0.05) is 0 Å². The summed E-state index contributed by atoms with van der Waals surface area (Å²) in [7, 11) is 1.96. The summed E-state index contributed by atoms with van der Waals surface area (Å²) in [4.78, 5) is 6.28. The highest BCUT2D eigenvalue weighted by atomic mass is 15.2. The zero-order valence-electron chi connectivity index (χ0n) is 8.86. The Morgan fingerprint density at radius 2 is 2.36 bits per heavy atom. The molecule has 1 atom stereocenters. The van der Waals surface area contributed by atoms with E-state index in [2.05, 4.69) is 11.1 Å². The van der Waals surface area contributed by atoms with E-state index in [1.807, 2.05) is 37.9 Å². The van der Waals surface area contributed by atoms with Gasteiger partial charge in [0.15, 0.2) is 0 Å². The van der Waals surface area contributed by atoms with Gasteiger partial charge in [0.2, 0.25) is 0 Å². The van der Waals surface area contributed by atoms with Crippen molar-refractivity contribution in [3.63, 3.8) is 0 Å². The fourth-order valence-electron chi connectivity index (χ4n) is 1.21. The van der Waals surface area contributed by atoms with E-state index in [0.29, 0.717) is 6.42 Å². The highest BCUT2D eigenvalue weighted by Gasteiger charge is 2.10. The molecule has 0 saturated carbocycles. The lowest BCUT2D eigenvalue weighted by atomic mass is 10.2. The first-order valence-corrected chi connectivity index (χ1v) is 4.67. The highest BCUT2D eigenvalue weighted by molar-refractivity contribution is 5.40. The van der Waals surface area contributed by atoms with Gasteiger partial charge in [0, 0.05) is 19.3 Å². The van der Waals surface area contributed by atoms with Gasteiger partial charge in [0.05, 0.1) is 12.5 Å². The monoisotopic (exact) mass is 189 g/mol. The Labute approximate surface area is 85.0 Å². The largest absolute Gasteiger partial charge is 0.356 e. The molecule has 0 N–H and O–H groups in total. The van der Waals surface area contributed by atoms with Gasteiger partial charge in [-0.2, -0.15) is 5.26 Å². The fraction of sp³-hybridized carbons (Fsp3) is 0.455. The standard InChI is InChI=1S/C11H15N3/c1-9-5-7-13-11(8-9)14(3)10(2)4-6-12/h5,7-8,10H,4H2,1-3H3. The van der Waals surface area contributed by atoms with Crippen LogP contribution in [0.15, 0.2) is 18.3 Å². The fourth-order valence-corrected chi connectivity index (χ4v) is 1.21. The highest BCUT2D eigenvalue weighted by Crippen LogP contribution is 2.14. The number of hydrogen-bond acceptors (Lipinski definition) is 3. The second kappa shape index (κ2) is 4.61. The van der Waals surface area contributed by atoms with Crippen LogP contribution in [0.3, 0.4) is 0 Å². The quantitative estimate of drug-likeness (QED) is 0.731. The van der Waals surface area contributed by atoms with Crippen molar-refractivity contribution in [3.05, 3.63) is 23.9 Å². The van der Waals surface area contributed by atoms with Crippen molar-refractivity contribution in [1.29, 1.82) is 5.26 Å². The maximum absolute atomic E-state index is 8.59.